The molecular weight excluding hydrogens is 502 g/mol. The van der Waals surface area contributed by atoms with Crippen molar-refractivity contribution in [3.8, 4) is 5.75 Å². The fourth-order valence-corrected chi connectivity index (χ4v) is 4.79. The van der Waals surface area contributed by atoms with Crippen LogP contribution in [0, 0.1) is 0 Å². The van der Waals surface area contributed by atoms with E-state index in [-0.39, 0.29) is 5.95 Å². The summed E-state index contributed by atoms with van der Waals surface area (Å²) in [4.78, 5) is 26.3. The van der Waals surface area contributed by atoms with Gasteiger partial charge in [0.05, 0.1) is 18.1 Å². The van der Waals surface area contributed by atoms with E-state index < -0.39 is 17.3 Å². The standard InChI is InChI=1S/C15H13N3O3S.C13H16N2O/c1-21-15(19)18-14-16-12-8-7-11(9-13(12)17-14)22(20)10-5-3-2-4-6-10;1-15-9-3-8-14-13(15)7-6-11-4-2-5-12(16)10-11/h2-9H,1H3,(H2,16,17,18,19);2,4-7,10,16H,3,8-9H2,1H3/b;7-6+. The van der Waals surface area contributed by atoms with Crippen LogP contribution in [0.1, 0.15) is 12.0 Å². The number of phenolic OH excluding ortho intramolecular Hbond substituents is 1. The number of benzene rings is 3. The number of amidine groups is 1. The van der Waals surface area contributed by atoms with Crippen LogP contribution in [-0.4, -0.2) is 63.7 Å². The lowest BCUT2D eigenvalue weighted by Crippen LogP contribution is -2.30. The van der Waals surface area contributed by atoms with Gasteiger partial charge in [-0.1, -0.05) is 36.4 Å². The van der Waals surface area contributed by atoms with Crippen molar-refractivity contribution in [3.63, 3.8) is 0 Å². The Morgan fingerprint density at radius 3 is 2.66 bits per heavy atom. The van der Waals surface area contributed by atoms with Gasteiger partial charge in [-0.05, 0) is 54.5 Å². The second-order valence-corrected chi connectivity index (χ2v) is 9.89. The van der Waals surface area contributed by atoms with Gasteiger partial charge < -0.3 is 24.3 Å². The minimum Gasteiger partial charge on any atom is -0.606 e. The van der Waals surface area contributed by atoms with Crippen molar-refractivity contribution in [3.05, 3.63) is 84.4 Å². The topological polar surface area (TPSA) is 126 Å². The number of carbonyl (C=O) groups is 1. The Hall–Kier alpha value is -4.28. The molecule has 3 aromatic carbocycles. The molecule has 1 atom stereocenters. The number of nitrogens with one attached hydrogen (secondary N) is 2. The highest BCUT2D eigenvalue weighted by Gasteiger charge is 2.16. The third-order valence-electron chi connectivity index (χ3n) is 5.64. The average molecular weight is 532 g/mol. The van der Waals surface area contributed by atoms with E-state index in [1.54, 1.807) is 30.3 Å². The van der Waals surface area contributed by atoms with Crippen LogP contribution in [0.2, 0.25) is 0 Å². The SMILES string of the molecule is CN1CCCN=C1/C=C/c1cccc(O)c1.COC(=O)Nc1nc2cc([S+]([O-])c3ccccc3)ccc2[nH]1. The summed E-state index contributed by atoms with van der Waals surface area (Å²) in [6.07, 6.45) is 4.49. The summed E-state index contributed by atoms with van der Waals surface area (Å²) in [5.74, 6) is 1.58. The van der Waals surface area contributed by atoms with Gasteiger partial charge >= 0.3 is 6.09 Å². The predicted octanol–water partition coefficient (Wildman–Crippen LogP) is 5.05. The number of aromatic amines is 1. The van der Waals surface area contributed by atoms with Gasteiger partial charge in [-0.25, -0.2) is 9.78 Å². The number of phenols is 1. The summed E-state index contributed by atoms with van der Waals surface area (Å²) in [7, 11) is 3.32. The number of likely N-dealkylation sites (N-methyl/N-ethyl adjacent to an activating group) is 1. The number of rotatable bonds is 5. The van der Waals surface area contributed by atoms with Crippen molar-refractivity contribution < 1.29 is 19.2 Å². The lowest BCUT2D eigenvalue weighted by atomic mass is 10.2. The highest BCUT2D eigenvalue weighted by molar-refractivity contribution is 7.91. The molecule has 1 aromatic heterocycles. The van der Waals surface area contributed by atoms with E-state index in [1.807, 2.05) is 61.7 Å². The van der Waals surface area contributed by atoms with Crippen LogP contribution in [0.3, 0.4) is 0 Å². The minimum atomic E-state index is -1.27. The third kappa shape index (κ3) is 7.15. The molecule has 9 nitrogen and oxygen atoms in total. The molecule has 0 saturated carbocycles. The number of fused-ring (bicyclic) bond motifs is 1. The first-order valence-electron chi connectivity index (χ1n) is 12.0. The Kier molecular flexibility index (Phi) is 9.02. The zero-order chi connectivity index (χ0) is 26.9. The van der Waals surface area contributed by atoms with E-state index in [1.165, 1.54) is 7.11 Å². The number of ether oxygens (including phenoxy) is 1. The zero-order valence-corrected chi connectivity index (χ0v) is 21.9. The highest BCUT2D eigenvalue weighted by Crippen LogP contribution is 2.24. The molecule has 1 amide bonds. The van der Waals surface area contributed by atoms with E-state index in [2.05, 4.69) is 29.9 Å². The van der Waals surface area contributed by atoms with Gasteiger partial charge in [0, 0.05) is 37.4 Å². The van der Waals surface area contributed by atoms with Gasteiger partial charge in [-0.2, -0.15) is 0 Å². The number of nitrogens with zero attached hydrogens (tertiary/aromatic N) is 3. The van der Waals surface area contributed by atoms with Gasteiger partial charge in [-0.3, -0.25) is 10.3 Å². The fourth-order valence-electron chi connectivity index (χ4n) is 3.70. The van der Waals surface area contributed by atoms with Crippen molar-refractivity contribution in [2.24, 2.45) is 4.99 Å². The van der Waals surface area contributed by atoms with E-state index in [4.69, 9.17) is 0 Å². The Labute approximate surface area is 224 Å². The molecule has 0 radical (unpaired) electrons. The van der Waals surface area contributed by atoms with E-state index in [0.717, 1.165) is 41.3 Å². The number of aromatic hydroxyl groups is 1. The van der Waals surface area contributed by atoms with Gasteiger partial charge in [0.2, 0.25) is 5.95 Å². The lowest BCUT2D eigenvalue weighted by molar-refractivity contribution is 0.186. The van der Waals surface area contributed by atoms with Crippen LogP contribution >= 0.6 is 0 Å². The molecule has 10 heteroatoms. The molecule has 1 aliphatic heterocycles. The molecule has 1 unspecified atom stereocenters. The van der Waals surface area contributed by atoms with Crippen molar-refractivity contribution >= 4 is 46.2 Å². The van der Waals surface area contributed by atoms with Gasteiger partial charge in [0.1, 0.15) is 11.6 Å². The molecular formula is C28H29N5O4S. The van der Waals surface area contributed by atoms with E-state index >= 15 is 0 Å². The Bertz CT molecular complexity index is 1440. The normalized spacial score (nSPS) is 14.0. The first kappa shape index (κ1) is 26.8. The molecule has 4 aromatic rings. The summed E-state index contributed by atoms with van der Waals surface area (Å²) < 4.78 is 17.0. The first-order valence-corrected chi connectivity index (χ1v) is 13.1. The molecule has 2 heterocycles. The van der Waals surface area contributed by atoms with E-state index in [9.17, 15) is 14.5 Å². The Balaban J connectivity index is 0.000000186. The minimum absolute atomic E-state index is 0.282. The highest BCUT2D eigenvalue weighted by atomic mass is 32.2. The van der Waals surface area contributed by atoms with Crippen LogP contribution in [0.25, 0.3) is 17.1 Å². The molecule has 196 valence electrons. The molecule has 3 N–H and O–H groups in total. The lowest BCUT2D eigenvalue weighted by Gasteiger charge is -2.22. The number of H-pyrrole nitrogens is 1. The number of hydrogen-bond donors (Lipinski definition) is 3. The maximum absolute atomic E-state index is 12.5. The van der Waals surface area contributed by atoms with Crippen molar-refractivity contribution in [2.75, 3.05) is 32.6 Å². The number of methoxy groups -OCH3 is 1. The fraction of sp³-hybridized carbons (Fsp3) is 0.179. The van der Waals surface area contributed by atoms with Crippen LogP contribution in [0.5, 0.6) is 5.75 Å². The van der Waals surface area contributed by atoms with Gasteiger partial charge in [0.25, 0.3) is 0 Å². The van der Waals surface area contributed by atoms with Crippen molar-refractivity contribution in [1.82, 2.24) is 14.9 Å². The summed E-state index contributed by atoms with van der Waals surface area (Å²) in [5.41, 5.74) is 2.34. The number of carbonyl (C=O) groups excluding carboxylic acids is 1. The van der Waals surface area contributed by atoms with Crippen molar-refractivity contribution in [2.45, 2.75) is 16.2 Å². The number of hydrogen-bond acceptors (Lipinski definition) is 7. The maximum atomic E-state index is 12.5. The third-order valence-corrected chi connectivity index (χ3v) is 7.03. The summed E-state index contributed by atoms with van der Waals surface area (Å²) in [6, 6.07) is 21.7. The second-order valence-electron chi connectivity index (χ2n) is 8.41. The molecule has 0 fully saturated rings. The van der Waals surface area contributed by atoms with Gasteiger partial charge in [0.15, 0.2) is 9.79 Å². The summed E-state index contributed by atoms with van der Waals surface area (Å²) in [5, 5.41) is 11.8. The number of anilines is 1. The number of aliphatic imine (C=N–C) groups is 1. The Morgan fingerprint density at radius 2 is 1.92 bits per heavy atom. The summed E-state index contributed by atoms with van der Waals surface area (Å²) in [6.45, 7) is 1.97. The van der Waals surface area contributed by atoms with Gasteiger partial charge in [-0.15, -0.1) is 0 Å². The largest absolute Gasteiger partial charge is 0.606 e. The van der Waals surface area contributed by atoms with Crippen molar-refractivity contribution in [1.29, 1.82) is 0 Å². The monoisotopic (exact) mass is 531 g/mol. The van der Waals surface area contributed by atoms with Crippen LogP contribution in [-0.2, 0) is 15.9 Å². The zero-order valence-electron chi connectivity index (χ0n) is 21.1. The second kappa shape index (κ2) is 12.8. The quantitative estimate of drug-likeness (QED) is 0.310. The molecule has 0 bridgehead atoms. The molecule has 0 saturated heterocycles. The predicted molar refractivity (Wildman–Crippen MR) is 150 cm³/mol. The number of aromatic nitrogens is 2. The molecule has 5 rings (SSSR count). The molecule has 0 spiro atoms. The average Bonchev–Trinajstić information content (AvgIpc) is 3.34. The van der Waals surface area contributed by atoms with Crippen LogP contribution in [0.4, 0.5) is 10.7 Å². The number of amides is 1. The van der Waals surface area contributed by atoms with Crippen LogP contribution in [0.15, 0.2) is 93.7 Å². The summed E-state index contributed by atoms with van der Waals surface area (Å²) >= 11 is -1.27. The molecule has 0 aliphatic carbocycles. The molecule has 1 aliphatic rings. The van der Waals surface area contributed by atoms with Crippen LogP contribution < -0.4 is 5.32 Å². The van der Waals surface area contributed by atoms with E-state index in [0.29, 0.717) is 16.2 Å². The first-order chi connectivity index (χ1) is 18.4. The maximum Gasteiger partial charge on any atom is 0.413 e. The number of imidazole rings is 1. The Morgan fingerprint density at radius 1 is 1.11 bits per heavy atom. The molecule has 38 heavy (non-hydrogen) atoms. The smallest absolute Gasteiger partial charge is 0.413 e.